The number of nitrogens with one attached hydrogen (secondary N) is 2. The predicted molar refractivity (Wildman–Crippen MR) is 78.2 cm³/mol. The van der Waals surface area contributed by atoms with Crippen molar-refractivity contribution in [2.45, 2.75) is 6.92 Å². The zero-order chi connectivity index (χ0) is 13.2. The van der Waals surface area contributed by atoms with Crippen molar-refractivity contribution in [1.82, 2.24) is 5.32 Å². The fourth-order valence-corrected chi connectivity index (χ4v) is 1.42. The lowest BCUT2D eigenvalue weighted by molar-refractivity contribution is -0.115. The summed E-state index contributed by atoms with van der Waals surface area (Å²) < 4.78 is 10.3. The molecular formula is C13H21ClN2O3. The maximum Gasteiger partial charge on any atom is 0.238 e. The van der Waals surface area contributed by atoms with Crippen LogP contribution in [0.4, 0.5) is 5.69 Å². The summed E-state index contributed by atoms with van der Waals surface area (Å²) in [7, 11) is 1.63. The normalized spacial score (nSPS) is 9.58. The molecule has 0 bridgehead atoms. The van der Waals surface area contributed by atoms with E-state index in [4.69, 9.17) is 9.47 Å². The number of carbonyl (C=O) groups excluding carboxylic acids is 1. The van der Waals surface area contributed by atoms with Crippen LogP contribution in [0.5, 0.6) is 5.75 Å². The van der Waals surface area contributed by atoms with Crippen LogP contribution in [0.15, 0.2) is 24.3 Å². The zero-order valence-corrected chi connectivity index (χ0v) is 12.1. The van der Waals surface area contributed by atoms with Crippen molar-refractivity contribution in [3.05, 3.63) is 24.3 Å². The van der Waals surface area contributed by atoms with Gasteiger partial charge in [0.05, 0.1) is 25.4 Å². The molecule has 0 aromatic heterocycles. The van der Waals surface area contributed by atoms with Gasteiger partial charge in [-0.25, -0.2) is 0 Å². The molecule has 0 aliphatic rings. The van der Waals surface area contributed by atoms with E-state index in [1.807, 2.05) is 31.2 Å². The number of ether oxygens (including phenoxy) is 2. The Morgan fingerprint density at radius 1 is 1.32 bits per heavy atom. The molecule has 108 valence electrons. The predicted octanol–water partition coefficient (Wildman–Crippen LogP) is 1.68. The minimum atomic E-state index is -0.0988. The van der Waals surface area contributed by atoms with E-state index in [-0.39, 0.29) is 24.9 Å². The lowest BCUT2D eigenvalue weighted by Crippen LogP contribution is -2.30. The molecule has 0 heterocycles. The molecule has 5 nitrogen and oxygen atoms in total. The number of carbonyl (C=O) groups is 1. The van der Waals surface area contributed by atoms with Crippen LogP contribution < -0.4 is 15.4 Å². The highest BCUT2D eigenvalue weighted by Crippen LogP contribution is 2.23. The smallest absolute Gasteiger partial charge is 0.238 e. The van der Waals surface area contributed by atoms with E-state index < -0.39 is 0 Å². The summed E-state index contributed by atoms with van der Waals surface area (Å²) in [6.07, 6.45) is 0. The first-order valence-corrected chi connectivity index (χ1v) is 5.99. The van der Waals surface area contributed by atoms with Crippen LogP contribution >= 0.6 is 12.4 Å². The summed E-state index contributed by atoms with van der Waals surface area (Å²) in [5.74, 6) is 0.587. The van der Waals surface area contributed by atoms with Crippen LogP contribution in [-0.4, -0.2) is 39.3 Å². The lowest BCUT2D eigenvalue weighted by atomic mass is 10.3. The second-order valence-corrected chi connectivity index (χ2v) is 3.65. The molecule has 19 heavy (non-hydrogen) atoms. The van der Waals surface area contributed by atoms with Gasteiger partial charge in [-0.3, -0.25) is 4.79 Å². The monoisotopic (exact) mass is 288 g/mol. The van der Waals surface area contributed by atoms with E-state index in [2.05, 4.69) is 10.6 Å². The number of rotatable bonds is 8. The maximum absolute atomic E-state index is 11.7. The number of methoxy groups -OCH3 is 1. The number of para-hydroxylation sites is 2. The van der Waals surface area contributed by atoms with Gasteiger partial charge in [0.25, 0.3) is 0 Å². The molecule has 0 saturated carbocycles. The second-order valence-electron chi connectivity index (χ2n) is 3.65. The maximum atomic E-state index is 11.7. The van der Waals surface area contributed by atoms with Gasteiger partial charge in [0.2, 0.25) is 5.91 Å². The molecule has 2 N–H and O–H groups in total. The van der Waals surface area contributed by atoms with E-state index in [1.165, 1.54) is 0 Å². The number of halogens is 1. The SMILES string of the molecule is CCOc1ccccc1NC(=O)CNCCOC.Cl. The Morgan fingerprint density at radius 3 is 2.74 bits per heavy atom. The van der Waals surface area contributed by atoms with Crippen LogP contribution in [0.3, 0.4) is 0 Å². The van der Waals surface area contributed by atoms with E-state index in [1.54, 1.807) is 7.11 Å². The topological polar surface area (TPSA) is 59.6 Å². The van der Waals surface area contributed by atoms with Crippen LogP contribution in [0.25, 0.3) is 0 Å². The van der Waals surface area contributed by atoms with E-state index in [0.717, 1.165) is 0 Å². The number of benzene rings is 1. The van der Waals surface area contributed by atoms with Crippen molar-refractivity contribution in [3.8, 4) is 5.75 Å². The minimum absolute atomic E-state index is 0. The Morgan fingerprint density at radius 2 is 2.05 bits per heavy atom. The minimum Gasteiger partial charge on any atom is -0.492 e. The Bertz CT molecular complexity index is 375. The summed E-state index contributed by atoms with van der Waals surface area (Å²) in [4.78, 5) is 11.7. The third-order valence-corrected chi connectivity index (χ3v) is 2.23. The Labute approximate surface area is 120 Å². The van der Waals surface area contributed by atoms with Crippen molar-refractivity contribution < 1.29 is 14.3 Å². The van der Waals surface area contributed by atoms with E-state index in [0.29, 0.717) is 31.2 Å². The van der Waals surface area contributed by atoms with Gasteiger partial charge in [-0.05, 0) is 19.1 Å². The van der Waals surface area contributed by atoms with Crippen molar-refractivity contribution >= 4 is 24.0 Å². The van der Waals surface area contributed by atoms with Gasteiger partial charge in [0.15, 0.2) is 0 Å². The number of amides is 1. The summed E-state index contributed by atoms with van der Waals surface area (Å²) >= 11 is 0. The van der Waals surface area contributed by atoms with Crippen LogP contribution in [-0.2, 0) is 9.53 Å². The summed E-state index contributed by atoms with van der Waals surface area (Å²) in [6.45, 7) is 3.97. The summed E-state index contributed by atoms with van der Waals surface area (Å²) in [5, 5.41) is 5.78. The van der Waals surface area contributed by atoms with Gasteiger partial charge >= 0.3 is 0 Å². The molecule has 1 amide bonds. The van der Waals surface area contributed by atoms with Crippen molar-refractivity contribution in [2.75, 3.05) is 38.7 Å². The highest BCUT2D eigenvalue weighted by atomic mass is 35.5. The molecule has 1 aromatic carbocycles. The highest BCUT2D eigenvalue weighted by Gasteiger charge is 2.06. The van der Waals surface area contributed by atoms with Gasteiger partial charge in [-0.2, -0.15) is 0 Å². The Kier molecular flexibility index (Phi) is 9.88. The average molecular weight is 289 g/mol. The van der Waals surface area contributed by atoms with Gasteiger partial charge in [-0.1, -0.05) is 12.1 Å². The first-order chi connectivity index (χ1) is 8.77. The number of hydrogen-bond acceptors (Lipinski definition) is 4. The highest BCUT2D eigenvalue weighted by molar-refractivity contribution is 5.93. The third kappa shape index (κ3) is 7.00. The van der Waals surface area contributed by atoms with Crippen LogP contribution in [0.1, 0.15) is 6.92 Å². The first-order valence-electron chi connectivity index (χ1n) is 5.99. The quantitative estimate of drug-likeness (QED) is 0.715. The molecule has 6 heteroatoms. The summed E-state index contributed by atoms with van der Waals surface area (Å²) in [6, 6.07) is 7.38. The molecule has 0 aliphatic heterocycles. The van der Waals surface area contributed by atoms with Crippen molar-refractivity contribution in [2.24, 2.45) is 0 Å². The standard InChI is InChI=1S/C13H20N2O3.ClH/c1-3-18-12-7-5-4-6-11(12)15-13(16)10-14-8-9-17-2;/h4-7,14H,3,8-10H2,1-2H3,(H,15,16);1H. The Balaban J connectivity index is 0.00000324. The largest absolute Gasteiger partial charge is 0.492 e. The van der Waals surface area contributed by atoms with Crippen molar-refractivity contribution in [3.63, 3.8) is 0 Å². The van der Waals surface area contributed by atoms with Gasteiger partial charge in [0.1, 0.15) is 5.75 Å². The lowest BCUT2D eigenvalue weighted by Gasteiger charge is -2.11. The number of hydrogen-bond donors (Lipinski definition) is 2. The van der Waals surface area contributed by atoms with E-state index in [9.17, 15) is 4.79 Å². The van der Waals surface area contributed by atoms with Gasteiger partial charge < -0.3 is 20.1 Å². The van der Waals surface area contributed by atoms with Crippen molar-refractivity contribution in [1.29, 1.82) is 0 Å². The molecule has 1 rings (SSSR count). The molecule has 0 spiro atoms. The second kappa shape index (κ2) is 10.6. The van der Waals surface area contributed by atoms with Gasteiger partial charge in [-0.15, -0.1) is 12.4 Å². The Hall–Kier alpha value is -1.30. The number of anilines is 1. The van der Waals surface area contributed by atoms with Crippen LogP contribution in [0.2, 0.25) is 0 Å². The molecule has 0 saturated heterocycles. The third-order valence-electron chi connectivity index (χ3n) is 2.23. The van der Waals surface area contributed by atoms with E-state index >= 15 is 0 Å². The first kappa shape index (κ1) is 17.7. The average Bonchev–Trinajstić information content (AvgIpc) is 2.37. The fourth-order valence-electron chi connectivity index (χ4n) is 1.42. The van der Waals surface area contributed by atoms with Gasteiger partial charge in [0, 0.05) is 13.7 Å². The molecule has 1 aromatic rings. The zero-order valence-electron chi connectivity index (χ0n) is 11.3. The molecule has 0 aliphatic carbocycles. The summed E-state index contributed by atoms with van der Waals surface area (Å²) in [5.41, 5.74) is 0.692. The molecule has 0 atom stereocenters. The molecular weight excluding hydrogens is 268 g/mol. The van der Waals surface area contributed by atoms with Crippen LogP contribution in [0, 0.1) is 0 Å². The molecule has 0 radical (unpaired) electrons. The fraction of sp³-hybridized carbons (Fsp3) is 0.462. The molecule has 0 unspecified atom stereocenters. The molecule has 0 fully saturated rings.